The average Bonchev–Trinajstić information content (AvgIpc) is 2.09. The maximum absolute atomic E-state index is 5.75. The molecule has 1 aliphatic carbocycles. The van der Waals surface area contributed by atoms with E-state index in [0.29, 0.717) is 6.04 Å². The van der Waals surface area contributed by atoms with Crippen molar-refractivity contribution in [2.45, 2.75) is 32.7 Å². The molecule has 1 aliphatic rings. The Labute approximate surface area is 85.6 Å². The average molecular weight is 187 g/mol. The second kappa shape index (κ2) is 3.58. The summed E-state index contributed by atoms with van der Waals surface area (Å²) in [7, 11) is 0. The van der Waals surface area contributed by atoms with Gasteiger partial charge in [-0.15, -0.1) is 0 Å². The molecule has 0 saturated heterocycles. The molecule has 0 radical (unpaired) electrons. The molecule has 2 rings (SSSR count). The number of nitrogens with two attached hydrogens (primary N) is 1. The van der Waals surface area contributed by atoms with E-state index < -0.39 is 0 Å². The molecule has 1 aromatic rings. The summed E-state index contributed by atoms with van der Waals surface area (Å²) in [5.74, 6) is 0. The SMILES string of the molecule is Cc1ccc(C)c(C=C2CC(N)C2)c1. The molecule has 0 aromatic heterocycles. The van der Waals surface area contributed by atoms with Gasteiger partial charge in [-0.3, -0.25) is 0 Å². The van der Waals surface area contributed by atoms with Crippen LogP contribution in [0.4, 0.5) is 0 Å². The molecule has 0 aliphatic heterocycles. The van der Waals surface area contributed by atoms with Crippen LogP contribution in [-0.4, -0.2) is 6.04 Å². The van der Waals surface area contributed by atoms with Gasteiger partial charge in [0.05, 0.1) is 0 Å². The van der Waals surface area contributed by atoms with Gasteiger partial charge in [0, 0.05) is 6.04 Å². The molecule has 1 heteroatoms. The third-order valence-electron chi connectivity index (χ3n) is 2.84. The van der Waals surface area contributed by atoms with Crippen molar-refractivity contribution in [1.82, 2.24) is 0 Å². The largest absolute Gasteiger partial charge is 0.327 e. The van der Waals surface area contributed by atoms with E-state index in [0.717, 1.165) is 12.8 Å². The highest BCUT2D eigenvalue weighted by molar-refractivity contribution is 5.59. The molecule has 0 spiro atoms. The molecule has 1 saturated carbocycles. The van der Waals surface area contributed by atoms with Gasteiger partial charge in [0.25, 0.3) is 0 Å². The normalized spacial score (nSPS) is 20.5. The lowest BCUT2D eigenvalue weighted by molar-refractivity contribution is 0.547. The van der Waals surface area contributed by atoms with Gasteiger partial charge < -0.3 is 5.73 Å². The molecular formula is C13H17N. The highest BCUT2D eigenvalue weighted by Crippen LogP contribution is 2.27. The lowest BCUT2D eigenvalue weighted by atomic mass is 9.85. The number of hydrogen-bond donors (Lipinski definition) is 1. The summed E-state index contributed by atoms with van der Waals surface area (Å²) in [6.45, 7) is 4.29. The molecule has 1 nitrogen and oxygen atoms in total. The molecule has 2 N–H and O–H groups in total. The molecule has 1 aromatic carbocycles. The smallest absolute Gasteiger partial charge is 0.0114 e. The molecule has 1 fully saturated rings. The second-order valence-corrected chi connectivity index (χ2v) is 4.33. The molecule has 0 atom stereocenters. The fourth-order valence-electron chi connectivity index (χ4n) is 1.87. The zero-order valence-corrected chi connectivity index (χ0v) is 8.88. The predicted molar refractivity (Wildman–Crippen MR) is 61.1 cm³/mol. The second-order valence-electron chi connectivity index (χ2n) is 4.33. The summed E-state index contributed by atoms with van der Waals surface area (Å²) in [5.41, 5.74) is 11.3. The van der Waals surface area contributed by atoms with Gasteiger partial charge in [0.1, 0.15) is 0 Å². The predicted octanol–water partition coefficient (Wildman–Crippen LogP) is 2.81. The third-order valence-corrected chi connectivity index (χ3v) is 2.84. The maximum Gasteiger partial charge on any atom is 0.0114 e. The van der Waals surface area contributed by atoms with E-state index >= 15 is 0 Å². The Balaban J connectivity index is 2.24. The van der Waals surface area contributed by atoms with E-state index in [-0.39, 0.29) is 0 Å². The first-order valence-corrected chi connectivity index (χ1v) is 5.17. The summed E-state index contributed by atoms with van der Waals surface area (Å²) < 4.78 is 0. The highest BCUT2D eigenvalue weighted by atomic mass is 14.7. The minimum atomic E-state index is 0.409. The molecule has 0 bridgehead atoms. The van der Waals surface area contributed by atoms with E-state index in [4.69, 9.17) is 5.73 Å². The molecule has 0 heterocycles. The Morgan fingerprint density at radius 3 is 2.64 bits per heavy atom. The molecule has 14 heavy (non-hydrogen) atoms. The van der Waals surface area contributed by atoms with Gasteiger partial charge in [-0.2, -0.15) is 0 Å². The first kappa shape index (κ1) is 9.47. The first-order valence-electron chi connectivity index (χ1n) is 5.17. The number of rotatable bonds is 1. The number of benzene rings is 1. The summed E-state index contributed by atoms with van der Waals surface area (Å²) in [6, 6.07) is 6.99. The van der Waals surface area contributed by atoms with Crippen LogP contribution < -0.4 is 5.73 Å². The van der Waals surface area contributed by atoms with E-state index in [2.05, 4.69) is 38.1 Å². The van der Waals surface area contributed by atoms with Gasteiger partial charge in [0.2, 0.25) is 0 Å². The van der Waals surface area contributed by atoms with Gasteiger partial charge in [-0.1, -0.05) is 35.4 Å². The zero-order chi connectivity index (χ0) is 10.1. The van der Waals surface area contributed by atoms with E-state index in [1.807, 2.05) is 0 Å². The zero-order valence-electron chi connectivity index (χ0n) is 8.88. The van der Waals surface area contributed by atoms with Crippen LogP contribution in [-0.2, 0) is 0 Å². The van der Waals surface area contributed by atoms with Crippen molar-refractivity contribution in [3.8, 4) is 0 Å². The van der Waals surface area contributed by atoms with Crippen LogP contribution >= 0.6 is 0 Å². The maximum atomic E-state index is 5.75. The standard InChI is InChI=1S/C13H17N/c1-9-3-4-10(2)12(5-9)6-11-7-13(14)8-11/h3-6,13H,7-8,14H2,1-2H3. The molecule has 0 amide bonds. The van der Waals surface area contributed by atoms with Gasteiger partial charge >= 0.3 is 0 Å². The third kappa shape index (κ3) is 1.88. The Morgan fingerprint density at radius 2 is 2.00 bits per heavy atom. The van der Waals surface area contributed by atoms with Crippen molar-refractivity contribution in [2.75, 3.05) is 0 Å². The molecule has 74 valence electrons. The lowest BCUT2D eigenvalue weighted by Crippen LogP contribution is -2.29. The fraction of sp³-hybridized carbons (Fsp3) is 0.385. The topological polar surface area (TPSA) is 26.0 Å². The van der Waals surface area contributed by atoms with Crippen molar-refractivity contribution >= 4 is 6.08 Å². The summed E-state index contributed by atoms with van der Waals surface area (Å²) in [4.78, 5) is 0. The monoisotopic (exact) mass is 187 g/mol. The Hall–Kier alpha value is -1.08. The number of aryl methyl sites for hydroxylation is 2. The molecule has 0 unspecified atom stereocenters. The van der Waals surface area contributed by atoms with E-state index in [1.165, 1.54) is 22.3 Å². The van der Waals surface area contributed by atoms with E-state index in [1.54, 1.807) is 0 Å². The van der Waals surface area contributed by atoms with Gasteiger partial charge in [-0.25, -0.2) is 0 Å². The van der Waals surface area contributed by atoms with Crippen LogP contribution in [0.3, 0.4) is 0 Å². The van der Waals surface area contributed by atoms with E-state index in [9.17, 15) is 0 Å². The Kier molecular flexibility index (Phi) is 2.42. The highest BCUT2D eigenvalue weighted by Gasteiger charge is 2.18. The van der Waals surface area contributed by atoms with Gasteiger partial charge in [0.15, 0.2) is 0 Å². The van der Waals surface area contributed by atoms with Crippen LogP contribution in [0.1, 0.15) is 29.5 Å². The summed E-state index contributed by atoms with van der Waals surface area (Å²) in [5, 5.41) is 0. The quantitative estimate of drug-likeness (QED) is 0.718. The van der Waals surface area contributed by atoms with Crippen LogP contribution in [0.15, 0.2) is 23.8 Å². The van der Waals surface area contributed by atoms with Crippen molar-refractivity contribution in [2.24, 2.45) is 5.73 Å². The first-order chi connectivity index (χ1) is 6.65. The van der Waals surface area contributed by atoms with Crippen molar-refractivity contribution < 1.29 is 0 Å². The summed E-state index contributed by atoms with van der Waals surface area (Å²) >= 11 is 0. The Morgan fingerprint density at radius 1 is 1.29 bits per heavy atom. The fourth-order valence-corrected chi connectivity index (χ4v) is 1.87. The Bertz CT molecular complexity index is 369. The summed E-state index contributed by atoms with van der Waals surface area (Å²) in [6.07, 6.45) is 4.45. The van der Waals surface area contributed by atoms with Crippen molar-refractivity contribution in [3.05, 3.63) is 40.5 Å². The number of hydrogen-bond acceptors (Lipinski definition) is 1. The minimum absolute atomic E-state index is 0.409. The van der Waals surface area contributed by atoms with Crippen molar-refractivity contribution in [1.29, 1.82) is 0 Å². The van der Waals surface area contributed by atoms with Crippen molar-refractivity contribution in [3.63, 3.8) is 0 Å². The van der Waals surface area contributed by atoms with Crippen LogP contribution in [0.5, 0.6) is 0 Å². The molecular weight excluding hydrogens is 170 g/mol. The lowest BCUT2D eigenvalue weighted by Gasteiger charge is -2.25. The van der Waals surface area contributed by atoms with Gasteiger partial charge in [-0.05, 0) is 37.8 Å². The van der Waals surface area contributed by atoms with Crippen LogP contribution in [0.25, 0.3) is 6.08 Å². The van der Waals surface area contributed by atoms with Crippen LogP contribution in [0, 0.1) is 13.8 Å². The van der Waals surface area contributed by atoms with Crippen LogP contribution in [0.2, 0.25) is 0 Å². The minimum Gasteiger partial charge on any atom is -0.327 e.